The number of halogens is 3. The van der Waals surface area contributed by atoms with E-state index in [1.165, 1.54) is 18.2 Å². The van der Waals surface area contributed by atoms with Crippen molar-refractivity contribution in [3.63, 3.8) is 0 Å². The normalized spacial score (nSPS) is 15.2. The molecule has 9 heteroatoms. The predicted octanol–water partition coefficient (Wildman–Crippen LogP) is 1.48. The largest absolute Gasteiger partial charge is 0.426 e. The predicted molar refractivity (Wildman–Crippen MR) is 57.6 cm³/mol. The molecule has 0 spiro atoms. The zero-order chi connectivity index (χ0) is 14.3. The van der Waals surface area contributed by atoms with Crippen molar-refractivity contribution in [2.45, 2.75) is 18.7 Å². The number of pyridine rings is 1. The summed E-state index contributed by atoms with van der Waals surface area (Å²) >= 11 is 0. The Kier molecular flexibility index (Phi) is 2.93. The van der Waals surface area contributed by atoms with Gasteiger partial charge in [0.2, 0.25) is 5.60 Å². The van der Waals surface area contributed by atoms with Crippen molar-refractivity contribution in [1.82, 2.24) is 15.2 Å². The van der Waals surface area contributed by atoms with Crippen LogP contribution in [0.1, 0.15) is 12.8 Å². The number of rotatable bonds is 2. The van der Waals surface area contributed by atoms with Crippen molar-refractivity contribution >= 4 is 5.82 Å². The van der Waals surface area contributed by atoms with E-state index in [9.17, 15) is 18.3 Å². The molecule has 0 bridgehead atoms. The van der Waals surface area contributed by atoms with Crippen LogP contribution in [0.4, 0.5) is 19.0 Å². The van der Waals surface area contributed by atoms with Crippen LogP contribution in [0, 0.1) is 0 Å². The van der Waals surface area contributed by atoms with Gasteiger partial charge in [-0.15, -0.1) is 10.2 Å². The highest BCUT2D eigenvalue weighted by atomic mass is 19.4. The number of hydrogen-bond donors (Lipinski definition) is 2. The van der Waals surface area contributed by atoms with Crippen LogP contribution in [-0.2, 0) is 5.60 Å². The fraction of sp³-hybridized carbons (Fsp3) is 0.300. The van der Waals surface area contributed by atoms with E-state index >= 15 is 0 Å². The van der Waals surface area contributed by atoms with E-state index in [-0.39, 0.29) is 17.4 Å². The lowest BCUT2D eigenvalue weighted by Gasteiger charge is -2.21. The number of aromatic nitrogens is 3. The Bertz CT molecular complexity index is 594. The topological polar surface area (TPSA) is 98.1 Å². The molecule has 0 saturated heterocycles. The van der Waals surface area contributed by atoms with Gasteiger partial charge in [-0.2, -0.15) is 13.2 Å². The van der Waals surface area contributed by atoms with Crippen molar-refractivity contribution in [2.75, 3.05) is 5.73 Å². The van der Waals surface area contributed by atoms with Crippen molar-refractivity contribution in [1.29, 1.82) is 0 Å². The monoisotopic (exact) mass is 274 g/mol. The highest BCUT2D eigenvalue weighted by Crippen LogP contribution is 2.38. The summed E-state index contributed by atoms with van der Waals surface area (Å²) in [7, 11) is 0. The Morgan fingerprint density at radius 2 is 1.95 bits per heavy atom. The summed E-state index contributed by atoms with van der Waals surface area (Å²) in [6.07, 6.45) is -4.93. The molecule has 2 aromatic rings. The smallest absolute Gasteiger partial charge is 0.416 e. The third-order valence-electron chi connectivity index (χ3n) is 2.38. The summed E-state index contributed by atoms with van der Waals surface area (Å²) in [6, 6.07) is 4.46. The molecule has 3 N–H and O–H groups in total. The molecule has 1 atom stereocenters. The average molecular weight is 274 g/mol. The van der Waals surface area contributed by atoms with E-state index < -0.39 is 17.7 Å². The standard InChI is InChI=1S/C10H9F3N4O2/c1-9(18,10(11,12)13)8-17-16-7(19-8)5-3-2-4-6(14)15-5/h2-4,18H,1H3,(H2,14,15). The first-order chi connectivity index (χ1) is 8.72. The fourth-order valence-electron chi connectivity index (χ4n) is 1.22. The molecule has 2 heterocycles. The molecule has 0 aliphatic carbocycles. The molecule has 2 aromatic heterocycles. The quantitative estimate of drug-likeness (QED) is 0.860. The second-order valence-electron chi connectivity index (χ2n) is 3.93. The molecule has 0 amide bonds. The Balaban J connectivity index is 2.40. The van der Waals surface area contributed by atoms with Gasteiger partial charge < -0.3 is 15.3 Å². The van der Waals surface area contributed by atoms with E-state index in [0.29, 0.717) is 6.92 Å². The lowest BCUT2D eigenvalue weighted by Crippen LogP contribution is -2.39. The second-order valence-corrected chi connectivity index (χ2v) is 3.93. The summed E-state index contributed by atoms with van der Waals surface area (Å²) < 4.78 is 42.6. The lowest BCUT2D eigenvalue weighted by atomic mass is 10.1. The highest BCUT2D eigenvalue weighted by Gasteiger charge is 2.55. The Morgan fingerprint density at radius 3 is 2.53 bits per heavy atom. The molecule has 0 aliphatic rings. The maximum absolute atomic E-state index is 12.6. The van der Waals surface area contributed by atoms with Gasteiger partial charge in [0.15, 0.2) is 0 Å². The highest BCUT2D eigenvalue weighted by molar-refractivity contribution is 5.49. The number of anilines is 1. The van der Waals surface area contributed by atoms with Crippen LogP contribution < -0.4 is 5.73 Å². The number of nitrogens with two attached hydrogens (primary N) is 1. The Hall–Kier alpha value is -2.16. The summed E-state index contributed by atoms with van der Waals surface area (Å²) in [6.45, 7) is 0.525. The van der Waals surface area contributed by atoms with E-state index in [1.807, 2.05) is 0 Å². The minimum absolute atomic E-state index is 0.122. The number of alkyl halides is 3. The van der Waals surface area contributed by atoms with E-state index in [4.69, 9.17) is 10.2 Å². The average Bonchev–Trinajstić information content (AvgIpc) is 2.77. The van der Waals surface area contributed by atoms with Gasteiger partial charge >= 0.3 is 6.18 Å². The molecular formula is C10H9F3N4O2. The molecule has 0 radical (unpaired) electrons. The third-order valence-corrected chi connectivity index (χ3v) is 2.38. The SMILES string of the molecule is CC(O)(c1nnc(-c2cccc(N)n2)o1)C(F)(F)F. The molecule has 0 fully saturated rings. The van der Waals surface area contributed by atoms with Crippen LogP contribution in [0.25, 0.3) is 11.6 Å². The zero-order valence-corrected chi connectivity index (χ0v) is 9.64. The summed E-state index contributed by atoms with van der Waals surface area (Å²) in [5.41, 5.74) is 2.33. The van der Waals surface area contributed by atoms with Crippen molar-refractivity contribution < 1.29 is 22.7 Å². The van der Waals surface area contributed by atoms with E-state index in [2.05, 4.69) is 15.2 Å². The van der Waals surface area contributed by atoms with Crippen molar-refractivity contribution in [3.05, 3.63) is 24.1 Å². The van der Waals surface area contributed by atoms with Crippen LogP contribution in [0.3, 0.4) is 0 Å². The summed E-state index contributed by atoms with van der Waals surface area (Å²) in [5, 5.41) is 16.0. The van der Waals surface area contributed by atoms with E-state index in [1.54, 1.807) is 0 Å². The first-order valence-electron chi connectivity index (χ1n) is 5.08. The number of nitrogen functional groups attached to an aromatic ring is 1. The van der Waals surface area contributed by atoms with Crippen molar-refractivity contribution in [3.8, 4) is 11.6 Å². The van der Waals surface area contributed by atoms with Gasteiger partial charge in [0.25, 0.3) is 11.8 Å². The summed E-state index contributed by atoms with van der Waals surface area (Å²) in [5.74, 6) is -1.06. The molecule has 0 saturated carbocycles. The van der Waals surface area contributed by atoms with Crippen LogP contribution in [0.5, 0.6) is 0 Å². The Labute approximate surface area is 105 Å². The molecule has 0 aliphatic heterocycles. The molecule has 6 nitrogen and oxygen atoms in total. The fourth-order valence-corrected chi connectivity index (χ4v) is 1.22. The van der Waals surface area contributed by atoms with Crippen LogP contribution in [0.15, 0.2) is 22.6 Å². The van der Waals surface area contributed by atoms with Gasteiger partial charge in [0.05, 0.1) is 0 Å². The first-order valence-corrected chi connectivity index (χ1v) is 5.08. The molecule has 19 heavy (non-hydrogen) atoms. The zero-order valence-electron chi connectivity index (χ0n) is 9.64. The first kappa shape index (κ1) is 13.3. The minimum Gasteiger partial charge on any atom is -0.416 e. The van der Waals surface area contributed by atoms with Crippen LogP contribution >= 0.6 is 0 Å². The van der Waals surface area contributed by atoms with Crippen LogP contribution in [0.2, 0.25) is 0 Å². The van der Waals surface area contributed by atoms with Gasteiger partial charge in [-0.3, -0.25) is 0 Å². The van der Waals surface area contributed by atoms with E-state index in [0.717, 1.165) is 0 Å². The second kappa shape index (κ2) is 4.19. The Morgan fingerprint density at radius 1 is 1.26 bits per heavy atom. The minimum atomic E-state index is -4.93. The van der Waals surface area contributed by atoms with Crippen molar-refractivity contribution in [2.24, 2.45) is 0 Å². The van der Waals surface area contributed by atoms with Gasteiger partial charge in [-0.25, -0.2) is 4.98 Å². The van der Waals surface area contributed by atoms with Gasteiger partial charge in [-0.05, 0) is 19.1 Å². The number of hydrogen-bond acceptors (Lipinski definition) is 6. The molecule has 102 valence electrons. The van der Waals surface area contributed by atoms with Gasteiger partial charge in [-0.1, -0.05) is 6.07 Å². The van der Waals surface area contributed by atoms with Gasteiger partial charge in [0.1, 0.15) is 11.5 Å². The summed E-state index contributed by atoms with van der Waals surface area (Å²) in [4.78, 5) is 3.82. The molecular weight excluding hydrogens is 265 g/mol. The third kappa shape index (κ3) is 2.36. The maximum atomic E-state index is 12.6. The molecule has 2 rings (SSSR count). The van der Waals surface area contributed by atoms with Gasteiger partial charge in [0, 0.05) is 0 Å². The number of nitrogens with zero attached hydrogens (tertiary/aromatic N) is 3. The molecule has 0 aromatic carbocycles. The lowest BCUT2D eigenvalue weighted by molar-refractivity contribution is -0.266. The maximum Gasteiger partial charge on any atom is 0.426 e. The molecule has 1 unspecified atom stereocenters. The van der Waals surface area contributed by atoms with Crippen LogP contribution in [-0.4, -0.2) is 26.5 Å². The number of aliphatic hydroxyl groups is 1.